The zero-order chi connectivity index (χ0) is 15.2. The summed E-state index contributed by atoms with van der Waals surface area (Å²) in [6.45, 7) is 6.56. The van der Waals surface area contributed by atoms with Crippen molar-refractivity contribution in [1.29, 1.82) is 0 Å². The summed E-state index contributed by atoms with van der Waals surface area (Å²) in [6, 6.07) is 8.11. The smallest absolute Gasteiger partial charge is 0.249 e. The minimum absolute atomic E-state index is 0.102. The highest BCUT2D eigenvalue weighted by atomic mass is 16.2. The van der Waals surface area contributed by atoms with Crippen LogP contribution in [-0.2, 0) is 15.0 Å². The number of amides is 2. The molecule has 1 aromatic heterocycles. The first-order valence-corrected chi connectivity index (χ1v) is 7.31. The van der Waals surface area contributed by atoms with Crippen molar-refractivity contribution >= 4 is 22.7 Å². The van der Waals surface area contributed by atoms with Crippen molar-refractivity contribution in [1.82, 2.24) is 9.88 Å². The van der Waals surface area contributed by atoms with Gasteiger partial charge in [0, 0.05) is 18.1 Å². The summed E-state index contributed by atoms with van der Waals surface area (Å²) in [5.41, 5.74) is 2.42. The highest BCUT2D eigenvalue weighted by molar-refractivity contribution is 6.00. The van der Waals surface area contributed by atoms with Crippen LogP contribution in [0.1, 0.15) is 45.2 Å². The molecular formula is C17H20N2O2. The molecule has 1 saturated heterocycles. The Morgan fingerprint density at radius 3 is 2.62 bits per heavy atom. The van der Waals surface area contributed by atoms with E-state index in [2.05, 4.69) is 44.3 Å². The number of benzene rings is 1. The molecule has 0 radical (unpaired) electrons. The van der Waals surface area contributed by atoms with Crippen LogP contribution in [0.25, 0.3) is 10.9 Å². The number of nitrogens with zero attached hydrogens (tertiary/aromatic N) is 1. The lowest BCUT2D eigenvalue weighted by atomic mass is 9.86. The van der Waals surface area contributed by atoms with Crippen LogP contribution < -0.4 is 5.32 Å². The second-order valence-corrected chi connectivity index (χ2v) is 6.71. The van der Waals surface area contributed by atoms with Crippen molar-refractivity contribution in [3.05, 3.63) is 36.0 Å². The van der Waals surface area contributed by atoms with Crippen LogP contribution in [-0.4, -0.2) is 16.4 Å². The van der Waals surface area contributed by atoms with Crippen molar-refractivity contribution in [3.8, 4) is 0 Å². The maximum absolute atomic E-state index is 12.0. The molecule has 1 aromatic carbocycles. The van der Waals surface area contributed by atoms with Crippen LogP contribution in [0.4, 0.5) is 0 Å². The predicted molar refractivity (Wildman–Crippen MR) is 82.1 cm³/mol. The number of piperidine rings is 1. The molecule has 21 heavy (non-hydrogen) atoms. The molecule has 110 valence electrons. The van der Waals surface area contributed by atoms with Gasteiger partial charge in [-0.15, -0.1) is 0 Å². The quantitative estimate of drug-likeness (QED) is 0.819. The summed E-state index contributed by atoms with van der Waals surface area (Å²) in [4.78, 5) is 23.3. The average Bonchev–Trinajstić information content (AvgIpc) is 2.80. The minimum Gasteiger partial charge on any atom is -0.335 e. The molecule has 1 atom stereocenters. The van der Waals surface area contributed by atoms with Crippen LogP contribution in [0.3, 0.4) is 0 Å². The van der Waals surface area contributed by atoms with Crippen LogP contribution in [0.15, 0.2) is 30.5 Å². The number of aromatic nitrogens is 1. The molecule has 1 N–H and O–H groups in total. The summed E-state index contributed by atoms with van der Waals surface area (Å²) < 4.78 is 1.98. The van der Waals surface area contributed by atoms with E-state index < -0.39 is 0 Å². The number of carbonyl (C=O) groups is 2. The Labute approximate surface area is 124 Å². The van der Waals surface area contributed by atoms with Gasteiger partial charge in [0.2, 0.25) is 11.8 Å². The maximum Gasteiger partial charge on any atom is 0.249 e. The molecule has 2 amide bonds. The summed E-state index contributed by atoms with van der Waals surface area (Å²) in [6.07, 6.45) is 2.91. The van der Waals surface area contributed by atoms with E-state index in [4.69, 9.17) is 0 Å². The number of rotatable bonds is 1. The molecule has 0 saturated carbocycles. The summed E-state index contributed by atoms with van der Waals surface area (Å²) in [5, 5.41) is 3.55. The number of fused-ring (bicyclic) bond motifs is 1. The van der Waals surface area contributed by atoms with Gasteiger partial charge in [0.15, 0.2) is 0 Å². The van der Waals surface area contributed by atoms with Gasteiger partial charge in [-0.25, -0.2) is 0 Å². The summed E-state index contributed by atoms with van der Waals surface area (Å²) >= 11 is 0. The van der Waals surface area contributed by atoms with E-state index in [1.54, 1.807) is 0 Å². The fourth-order valence-electron chi connectivity index (χ4n) is 2.85. The van der Waals surface area contributed by atoms with Crippen LogP contribution in [0.5, 0.6) is 0 Å². The Hall–Kier alpha value is -2.10. The van der Waals surface area contributed by atoms with Gasteiger partial charge >= 0.3 is 0 Å². The van der Waals surface area contributed by atoms with Crippen molar-refractivity contribution in [2.45, 2.75) is 45.1 Å². The third-order valence-corrected chi connectivity index (χ3v) is 4.13. The molecule has 1 fully saturated rings. The molecule has 2 aromatic rings. The third-order valence-electron chi connectivity index (χ3n) is 4.13. The fraction of sp³-hybridized carbons (Fsp3) is 0.412. The number of imide groups is 1. The van der Waals surface area contributed by atoms with Gasteiger partial charge in [-0.2, -0.15) is 0 Å². The topological polar surface area (TPSA) is 51.1 Å². The SMILES string of the molecule is CC(C)(C)c1ccc2c(ccn2[C@@H]2CCC(=O)NC2=O)c1. The van der Waals surface area contributed by atoms with E-state index in [1.165, 1.54) is 5.56 Å². The van der Waals surface area contributed by atoms with Crippen molar-refractivity contribution in [2.75, 3.05) is 0 Å². The minimum atomic E-state index is -0.291. The lowest BCUT2D eigenvalue weighted by Gasteiger charge is -2.23. The normalized spacial score (nSPS) is 19.9. The van der Waals surface area contributed by atoms with Gasteiger partial charge in [0.05, 0.1) is 0 Å². The summed E-state index contributed by atoms with van der Waals surface area (Å²) in [5.74, 6) is -0.383. The lowest BCUT2D eigenvalue weighted by molar-refractivity contribution is -0.135. The Kier molecular flexibility index (Phi) is 3.12. The highest BCUT2D eigenvalue weighted by Gasteiger charge is 2.28. The molecule has 1 aliphatic heterocycles. The number of hydrogen-bond acceptors (Lipinski definition) is 2. The van der Waals surface area contributed by atoms with Gasteiger partial charge in [0.25, 0.3) is 0 Å². The highest BCUT2D eigenvalue weighted by Crippen LogP contribution is 2.29. The number of nitrogens with one attached hydrogen (secondary N) is 1. The first-order valence-electron chi connectivity index (χ1n) is 7.31. The standard InChI is InChI=1S/C17H20N2O2/c1-17(2,3)12-4-5-13-11(10-12)8-9-19(13)14-6-7-15(20)18-16(14)21/h4-5,8-10,14H,6-7H2,1-3H3,(H,18,20,21)/t14-/m1/s1. The molecule has 0 aliphatic carbocycles. The Balaban J connectivity index is 2.01. The van der Waals surface area contributed by atoms with Crippen LogP contribution in [0.2, 0.25) is 0 Å². The van der Waals surface area contributed by atoms with E-state index in [0.717, 1.165) is 10.9 Å². The predicted octanol–water partition coefficient (Wildman–Crippen LogP) is 2.92. The zero-order valence-electron chi connectivity index (χ0n) is 12.6. The fourth-order valence-corrected chi connectivity index (χ4v) is 2.85. The van der Waals surface area contributed by atoms with Gasteiger partial charge in [-0.05, 0) is 41.0 Å². The molecule has 4 nitrogen and oxygen atoms in total. The molecule has 4 heteroatoms. The van der Waals surface area contributed by atoms with E-state index in [0.29, 0.717) is 12.8 Å². The van der Waals surface area contributed by atoms with Crippen molar-refractivity contribution in [3.63, 3.8) is 0 Å². The van der Waals surface area contributed by atoms with Gasteiger partial charge in [-0.3, -0.25) is 14.9 Å². The molecule has 1 aliphatic rings. The number of carbonyl (C=O) groups excluding carboxylic acids is 2. The second-order valence-electron chi connectivity index (χ2n) is 6.71. The largest absolute Gasteiger partial charge is 0.335 e. The van der Waals surface area contributed by atoms with Crippen LogP contribution >= 0.6 is 0 Å². The zero-order valence-corrected chi connectivity index (χ0v) is 12.6. The third kappa shape index (κ3) is 2.46. The first-order chi connectivity index (χ1) is 9.86. The molecule has 3 rings (SSSR count). The Morgan fingerprint density at radius 2 is 1.95 bits per heavy atom. The first kappa shape index (κ1) is 13.9. The summed E-state index contributed by atoms with van der Waals surface area (Å²) in [7, 11) is 0. The molecule has 0 unspecified atom stereocenters. The second kappa shape index (κ2) is 4.72. The van der Waals surface area contributed by atoms with E-state index >= 15 is 0 Å². The average molecular weight is 284 g/mol. The monoisotopic (exact) mass is 284 g/mol. The van der Waals surface area contributed by atoms with E-state index in [9.17, 15) is 9.59 Å². The van der Waals surface area contributed by atoms with Gasteiger partial charge < -0.3 is 4.57 Å². The molecule has 2 heterocycles. The lowest BCUT2D eigenvalue weighted by Crippen LogP contribution is -2.41. The van der Waals surface area contributed by atoms with Crippen molar-refractivity contribution < 1.29 is 9.59 Å². The molecule has 0 bridgehead atoms. The number of hydrogen-bond donors (Lipinski definition) is 1. The Bertz CT molecular complexity index is 722. The van der Waals surface area contributed by atoms with Gasteiger partial charge in [-0.1, -0.05) is 26.8 Å². The maximum atomic E-state index is 12.0. The van der Waals surface area contributed by atoms with Gasteiger partial charge in [0.1, 0.15) is 6.04 Å². The van der Waals surface area contributed by atoms with E-state index in [-0.39, 0.29) is 23.3 Å². The van der Waals surface area contributed by atoms with E-state index in [1.807, 2.05) is 16.8 Å². The molecular weight excluding hydrogens is 264 g/mol. The molecule has 0 spiro atoms. The Morgan fingerprint density at radius 1 is 1.19 bits per heavy atom. The van der Waals surface area contributed by atoms with Crippen molar-refractivity contribution in [2.24, 2.45) is 0 Å². The van der Waals surface area contributed by atoms with Crippen LogP contribution in [0, 0.1) is 0 Å².